The summed E-state index contributed by atoms with van der Waals surface area (Å²) in [6.45, 7) is 9.66. The van der Waals surface area contributed by atoms with Crippen molar-refractivity contribution in [2.75, 3.05) is 32.7 Å². The molecule has 112 valence electrons. The molecule has 1 fully saturated rings. The van der Waals surface area contributed by atoms with Gasteiger partial charge in [0, 0.05) is 57.6 Å². The highest BCUT2D eigenvalue weighted by Gasteiger charge is 2.19. The number of nitrogens with zero attached hydrogens (tertiary/aromatic N) is 4. The quantitative estimate of drug-likeness (QED) is 0.857. The molecule has 1 N–H and O–H groups in total. The van der Waals surface area contributed by atoms with E-state index in [1.165, 1.54) is 11.3 Å². The van der Waals surface area contributed by atoms with Crippen LogP contribution in [0, 0.1) is 13.8 Å². The van der Waals surface area contributed by atoms with Gasteiger partial charge in [-0.1, -0.05) is 0 Å². The molecule has 1 aromatic heterocycles. The van der Waals surface area contributed by atoms with Gasteiger partial charge >= 0.3 is 5.97 Å². The Morgan fingerprint density at radius 1 is 1.20 bits per heavy atom. The Morgan fingerprint density at radius 3 is 2.30 bits per heavy atom. The van der Waals surface area contributed by atoms with Crippen molar-refractivity contribution >= 4 is 5.97 Å². The van der Waals surface area contributed by atoms with E-state index >= 15 is 0 Å². The van der Waals surface area contributed by atoms with Gasteiger partial charge in [0.15, 0.2) is 0 Å². The molecule has 20 heavy (non-hydrogen) atoms. The first-order valence-electron chi connectivity index (χ1n) is 7.13. The molecular weight excluding hydrogens is 256 g/mol. The van der Waals surface area contributed by atoms with E-state index in [2.05, 4.69) is 28.7 Å². The zero-order valence-electron chi connectivity index (χ0n) is 12.6. The lowest BCUT2D eigenvalue weighted by Crippen LogP contribution is -2.46. The van der Waals surface area contributed by atoms with E-state index in [1.54, 1.807) is 0 Å². The van der Waals surface area contributed by atoms with Crippen LogP contribution in [0.3, 0.4) is 0 Å². The van der Waals surface area contributed by atoms with E-state index in [9.17, 15) is 4.79 Å². The fourth-order valence-corrected chi connectivity index (χ4v) is 2.69. The monoisotopic (exact) mass is 280 g/mol. The normalized spacial score (nSPS) is 17.6. The molecule has 6 nitrogen and oxygen atoms in total. The SMILES string of the molecule is Cc1nn(C)c(C)c1CN1CCN(CCC(=O)O)CC1. The van der Waals surface area contributed by atoms with Crippen LogP contribution in [0.5, 0.6) is 0 Å². The molecule has 1 aliphatic heterocycles. The summed E-state index contributed by atoms with van der Waals surface area (Å²) >= 11 is 0. The lowest BCUT2D eigenvalue weighted by Gasteiger charge is -2.34. The standard InChI is InChI=1S/C14H24N4O2/c1-11-13(12(2)16(3)15-11)10-18-8-6-17(7-9-18)5-4-14(19)20/h4-10H2,1-3H3,(H,19,20). The van der Waals surface area contributed by atoms with Crippen LogP contribution >= 0.6 is 0 Å². The second kappa shape index (κ2) is 6.37. The Kier molecular flexibility index (Phi) is 4.77. The van der Waals surface area contributed by atoms with Crippen LogP contribution in [0.1, 0.15) is 23.4 Å². The predicted octanol–water partition coefficient (Wildman–Crippen LogP) is 0.629. The van der Waals surface area contributed by atoms with Crippen molar-refractivity contribution in [2.45, 2.75) is 26.8 Å². The minimum atomic E-state index is -0.714. The van der Waals surface area contributed by atoms with Crippen molar-refractivity contribution in [2.24, 2.45) is 7.05 Å². The van der Waals surface area contributed by atoms with E-state index in [-0.39, 0.29) is 6.42 Å². The first kappa shape index (κ1) is 15.0. The molecule has 0 saturated carbocycles. The van der Waals surface area contributed by atoms with Crippen molar-refractivity contribution in [1.29, 1.82) is 0 Å². The average molecular weight is 280 g/mol. The van der Waals surface area contributed by atoms with E-state index in [4.69, 9.17) is 5.11 Å². The molecule has 2 rings (SSSR count). The van der Waals surface area contributed by atoms with Gasteiger partial charge in [-0.2, -0.15) is 5.10 Å². The van der Waals surface area contributed by atoms with Crippen LogP contribution in [0.2, 0.25) is 0 Å². The van der Waals surface area contributed by atoms with Crippen molar-refractivity contribution in [3.8, 4) is 0 Å². The maximum absolute atomic E-state index is 10.6. The summed E-state index contributed by atoms with van der Waals surface area (Å²) in [5, 5.41) is 13.2. The van der Waals surface area contributed by atoms with Crippen LogP contribution in [-0.4, -0.2) is 63.4 Å². The number of hydrogen-bond acceptors (Lipinski definition) is 4. The second-order valence-electron chi connectivity index (χ2n) is 5.53. The fraction of sp³-hybridized carbons (Fsp3) is 0.714. The second-order valence-corrected chi connectivity index (χ2v) is 5.53. The number of hydrogen-bond donors (Lipinski definition) is 1. The van der Waals surface area contributed by atoms with Gasteiger partial charge in [0.05, 0.1) is 12.1 Å². The number of rotatable bonds is 5. The Morgan fingerprint density at radius 2 is 1.80 bits per heavy atom. The summed E-state index contributed by atoms with van der Waals surface area (Å²) < 4.78 is 1.94. The highest BCUT2D eigenvalue weighted by molar-refractivity contribution is 5.66. The summed E-state index contributed by atoms with van der Waals surface area (Å²) in [7, 11) is 1.98. The van der Waals surface area contributed by atoms with Crippen molar-refractivity contribution in [1.82, 2.24) is 19.6 Å². The smallest absolute Gasteiger partial charge is 0.304 e. The van der Waals surface area contributed by atoms with Gasteiger partial charge in [0.2, 0.25) is 0 Å². The van der Waals surface area contributed by atoms with Crippen molar-refractivity contribution in [3.05, 3.63) is 17.0 Å². The van der Waals surface area contributed by atoms with E-state index in [0.717, 1.165) is 38.4 Å². The maximum atomic E-state index is 10.6. The molecule has 0 spiro atoms. The molecular formula is C14H24N4O2. The molecule has 6 heteroatoms. The number of carboxylic acid groups (broad SMARTS) is 1. The average Bonchev–Trinajstić information content (AvgIpc) is 2.64. The Labute approximate surface area is 120 Å². The van der Waals surface area contributed by atoms with Gasteiger partial charge in [-0.05, 0) is 13.8 Å². The fourth-order valence-electron chi connectivity index (χ4n) is 2.69. The molecule has 0 radical (unpaired) electrons. The maximum Gasteiger partial charge on any atom is 0.304 e. The molecule has 1 aromatic rings. The Hall–Kier alpha value is -1.40. The van der Waals surface area contributed by atoms with Crippen molar-refractivity contribution < 1.29 is 9.90 Å². The summed E-state index contributed by atoms with van der Waals surface area (Å²) in [6, 6.07) is 0. The molecule has 0 atom stereocenters. The topological polar surface area (TPSA) is 61.6 Å². The number of aromatic nitrogens is 2. The van der Waals surface area contributed by atoms with E-state index < -0.39 is 5.97 Å². The number of carboxylic acids is 1. The predicted molar refractivity (Wildman–Crippen MR) is 76.7 cm³/mol. The summed E-state index contributed by atoms with van der Waals surface area (Å²) in [4.78, 5) is 15.2. The van der Waals surface area contributed by atoms with Gasteiger partial charge in [-0.3, -0.25) is 14.4 Å². The van der Waals surface area contributed by atoms with E-state index in [0.29, 0.717) is 6.54 Å². The summed E-state index contributed by atoms with van der Waals surface area (Å²) in [5.74, 6) is -0.714. The third-order valence-corrected chi connectivity index (χ3v) is 4.15. The van der Waals surface area contributed by atoms with Gasteiger partial charge in [-0.15, -0.1) is 0 Å². The van der Waals surface area contributed by atoms with Gasteiger partial charge < -0.3 is 10.0 Å². The minimum absolute atomic E-state index is 0.237. The van der Waals surface area contributed by atoms with Gasteiger partial charge in [0.25, 0.3) is 0 Å². The highest BCUT2D eigenvalue weighted by Crippen LogP contribution is 2.16. The van der Waals surface area contributed by atoms with Crippen LogP contribution in [-0.2, 0) is 18.4 Å². The lowest BCUT2D eigenvalue weighted by atomic mass is 10.1. The molecule has 0 aliphatic carbocycles. The highest BCUT2D eigenvalue weighted by atomic mass is 16.4. The van der Waals surface area contributed by atoms with Gasteiger partial charge in [-0.25, -0.2) is 0 Å². The van der Waals surface area contributed by atoms with Crippen LogP contribution < -0.4 is 0 Å². The number of aliphatic carboxylic acids is 1. The molecule has 0 amide bonds. The molecule has 1 aliphatic rings. The van der Waals surface area contributed by atoms with Crippen LogP contribution in [0.4, 0.5) is 0 Å². The third kappa shape index (κ3) is 3.58. The number of carbonyl (C=O) groups is 1. The summed E-state index contributed by atoms with van der Waals surface area (Å²) in [6.07, 6.45) is 0.237. The van der Waals surface area contributed by atoms with Gasteiger partial charge in [0.1, 0.15) is 0 Å². The molecule has 0 bridgehead atoms. The lowest BCUT2D eigenvalue weighted by molar-refractivity contribution is -0.137. The Bertz CT molecular complexity index is 476. The molecule has 0 unspecified atom stereocenters. The first-order chi connectivity index (χ1) is 9.47. The number of aryl methyl sites for hydroxylation is 2. The zero-order valence-corrected chi connectivity index (χ0v) is 12.6. The van der Waals surface area contributed by atoms with Crippen LogP contribution in [0.15, 0.2) is 0 Å². The Balaban J connectivity index is 1.84. The minimum Gasteiger partial charge on any atom is -0.481 e. The summed E-state index contributed by atoms with van der Waals surface area (Å²) in [5.41, 5.74) is 3.67. The third-order valence-electron chi connectivity index (χ3n) is 4.15. The van der Waals surface area contributed by atoms with E-state index in [1.807, 2.05) is 11.7 Å². The number of piperazine rings is 1. The first-order valence-corrected chi connectivity index (χ1v) is 7.13. The molecule has 0 aromatic carbocycles. The molecule has 2 heterocycles. The van der Waals surface area contributed by atoms with Crippen LogP contribution in [0.25, 0.3) is 0 Å². The largest absolute Gasteiger partial charge is 0.481 e. The zero-order chi connectivity index (χ0) is 14.7. The molecule has 1 saturated heterocycles. The van der Waals surface area contributed by atoms with Crippen molar-refractivity contribution in [3.63, 3.8) is 0 Å².